The molecular formula is C17H17FO3. The van der Waals surface area contributed by atoms with Crippen LogP contribution in [0.25, 0.3) is 11.1 Å². The maximum atomic E-state index is 14.3. The van der Waals surface area contributed by atoms with E-state index in [1.807, 2.05) is 0 Å². The van der Waals surface area contributed by atoms with Gasteiger partial charge in [0.2, 0.25) is 0 Å². The summed E-state index contributed by atoms with van der Waals surface area (Å²) in [7, 11) is 2.90. The number of esters is 1. The Morgan fingerprint density at radius 2 is 1.76 bits per heavy atom. The van der Waals surface area contributed by atoms with Gasteiger partial charge >= 0.3 is 5.97 Å². The lowest BCUT2D eigenvalue weighted by atomic mass is 9.97. The average Bonchev–Trinajstić information content (AvgIpc) is 2.53. The molecule has 1 unspecified atom stereocenters. The Balaban J connectivity index is 2.32. The van der Waals surface area contributed by atoms with Crippen molar-refractivity contribution in [2.45, 2.75) is 12.8 Å². The minimum absolute atomic E-state index is 0.367. The molecular weight excluding hydrogens is 271 g/mol. The van der Waals surface area contributed by atoms with E-state index in [0.29, 0.717) is 11.1 Å². The molecule has 0 radical (unpaired) electrons. The molecule has 2 aromatic carbocycles. The number of carbonyl (C=O) groups excluding carboxylic acids is 1. The zero-order valence-corrected chi connectivity index (χ0v) is 12.2. The van der Waals surface area contributed by atoms with Crippen LogP contribution in [0.3, 0.4) is 0 Å². The van der Waals surface area contributed by atoms with Gasteiger partial charge < -0.3 is 9.47 Å². The number of methoxy groups -OCH3 is 2. The van der Waals surface area contributed by atoms with Gasteiger partial charge in [-0.25, -0.2) is 4.39 Å². The van der Waals surface area contributed by atoms with E-state index in [1.165, 1.54) is 13.2 Å². The first-order chi connectivity index (χ1) is 10.1. The van der Waals surface area contributed by atoms with Crippen LogP contribution < -0.4 is 4.74 Å². The highest BCUT2D eigenvalue weighted by Gasteiger charge is 2.17. The highest BCUT2D eigenvalue weighted by molar-refractivity contribution is 5.78. The molecule has 1 atom stereocenters. The van der Waals surface area contributed by atoms with Gasteiger partial charge in [0.1, 0.15) is 11.6 Å². The van der Waals surface area contributed by atoms with Crippen molar-refractivity contribution < 1.29 is 18.7 Å². The van der Waals surface area contributed by atoms with Gasteiger partial charge in [-0.3, -0.25) is 4.79 Å². The predicted molar refractivity (Wildman–Crippen MR) is 78.8 cm³/mol. The zero-order chi connectivity index (χ0) is 15.4. The molecule has 110 valence electrons. The third-order valence-electron chi connectivity index (χ3n) is 3.45. The Hall–Kier alpha value is -2.36. The summed E-state index contributed by atoms with van der Waals surface area (Å²) in [6.45, 7) is 1.69. The van der Waals surface area contributed by atoms with Gasteiger partial charge in [0.25, 0.3) is 0 Å². The minimum Gasteiger partial charge on any atom is -0.497 e. The topological polar surface area (TPSA) is 35.5 Å². The van der Waals surface area contributed by atoms with Crippen LogP contribution in [-0.4, -0.2) is 20.2 Å². The Morgan fingerprint density at radius 1 is 1.10 bits per heavy atom. The third-order valence-corrected chi connectivity index (χ3v) is 3.45. The van der Waals surface area contributed by atoms with Crippen LogP contribution in [0.4, 0.5) is 4.39 Å². The number of carbonyl (C=O) groups is 1. The quantitative estimate of drug-likeness (QED) is 0.803. The summed E-state index contributed by atoms with van der Waals surface area (Å²) in [5.74, 6) is -0.524. The normalized spacial score (nSPS) is 11.8. The van der Waals surface area contributed by atoms with Gasteiger partial charge in [0.05, 0.1) is 20.1 Å². The van der Waals surface area contributed by atoms with Crippen molar-refractivity contribution >= 4 is 5.97 Å². The summed E-state index contributed by atoms with van der Waals surface area (Å²) >= 11 is 0. The first-order valence-electron chi connectivity index (χ1n) is 6.58. The fourth-order valence-electron chi connectivity index (χ4n) is 2.12. The number of rotatable bonds is 4. The monoisotopic (exact) mass is 288 g/mol. The predicted octanol–water partition coefficient (Wildman–Crippen LogP) is 3.78. The van der Waals surface area contributed by atoms with Gasteiger partial charge in [-0.05, 0) is 36.2 Å². The molecule has 0 aliphatic heterocycles. The van der Waals surface area contributed by atoms with E-state index < -0.39 is 5.92 Å². The SMILES string of the molecule is COC(=O)C(C)c1ccc(-c2ccc(OC)cc2)c(F)c1. The molecule has 0 N–H and O–H groups in total. The molecule has 0 amide bonds. The Bertz CT molecular complexity index is 635. The fraction of sp³-hybridized carbons (Fsp3) is 0.235. The van der Waals surface area contributed by atoms with E-state index in [-0.39, 0.29) is 11.8 Å². The number of ether oxygens (including phenoxy) is 2. The maximum Gasteiger partial charge on any atom is 0.312 e. The van der Waals surface area contributed by atoms with Crippen molar-refractivity contribution in [2.24, 2.45) is 0 Å². The number of hydrogen-bond acceptors (Lipinski definition) is 3. The lowest BCUT2D eigenvalue weighted by Gasteiger charge is -2.11. The van der Waals surface area contributed by atoms with Gasteiger partial charge in [-0.2, -0.15) is 0 Å². The standard InChI is InChI=1S/C17H17FO3/c1-11(17(19)21-3)13-6-9-15(16(18)10-13)12-4-7-14(20-2)8-5-12/h4-11H,1-3H3. The van der Waals surface area contributed by atoms with Gasteiger partial charge in [0, 0.05) is 5.56 Å². The van der Waals surface area contributed by atoms with Crippen LogP contribution in [-0.2, 0) is 9.53 Å². The number of hydrogen-bond donors (Lipinski definition) is 0. The molecule has 21 heavy (non-hydrogen) atoms. The highest BCUT2D eigenvalue weighted by atomic mass is 19.1. The lowest BCUT2D eigenvalue weighted by molar-refractivity contribution is -0.141. The van der Waals surface area contributed by atoms with Crippen molar-refractivity contribution in [1.29, 1.82) is 0 Å². The molecule has 0 saturated carbocycles. The van der Waals surface area contributed by atoms with Crippen LogP contribution in [0.2, 0.25) is 0 Å². The van der Waals surface area contributed by atoms with Crippen LogP contribution in [0.5, 0.6) is 5.75 Å². The first-order valence-corrected chi connectivity index (χ1v) is 6.58. The van der Waals surface area contributed by atoms with Crippen LogP contribution in [0.15, 0.2) is 42.5 Å². The van der Waals surface area contributed by atoms with E-state index in [9.17, 15) is 9.18 Å². The smallest absolute Gasteiger partial charge is 0.312 e. The Kier molecular flexibility index (Phi) is 4.58. The van der Waals surface area contributed by atoms with Crippen molar-refractivity contribution in [1.82, 2.24) is 0 Å². The molecule has 0 spiro atoms. The summed E-state index contributed by atoms with van der Waals surface area (Å²) in [5, 5.41) is 0. The number of halogens is 1. The summed E-state index contributed by atoms with van der Waals surface area (Å²) in [5.41, 5.74) is 1.83. The lowest BCUT2D eigenvalue weighted by Crippen LogP contribution is -2.11. The maximum absolute atomic E-state index is 14.3. The van der Waals surface area contributed by atoms with Gasteiger partial charge in [-0.15, -0.1) is 0 Å². The Morgan fingerprint density at radius 3 is 2.29 bits per heavy atom. The molecule has 2 rings (SSSR count). The summed E-state index contributed by atoms with van der Waals surface area (Å²) < 4.78 is 24.0. The van der Waals surface area contributed by atoms with Crippen molar-refractivity contribution in [3.63, 3.8) is 0 Å². The van der Waals surface area contributed by atoms with E-state index in [1.54, 1.807) is 50.4 Å². The third kappa shape index (κ3) is 3.21. The summed E-state index contributed by atoms with van der Waals surface area (Å²) in [6, 6.07) is 11.9. The van der Waals surface area contributed by atoms with E-state index in [2.05, 4.69) is 4.74 Å². The Labute approximate surface area is 123 Å². The van der Waals surface area contributed by atoms with Crippen molar-refractivity contribution in [3.8, 4) is 16.9 Å². The molecule has 0 aromatic heterocycles. The summed E-state index contributed by atoms with van der Waals surface area (Å²) in [6.07, 6.45) is 0. The van der Waals surface area contributed by atoms with E-state index in [4.69, 9.17) is 4.74 Å². The van der Waals surface area contributed by atoms with Gasteiger partial charge in [0.15, 0.2) is 0 Å². The fourth-order valence-corrected chi connectivity index (χ4v) is 2.12. The van der Waals surface area contributed by atoms with E-state index >= 15 is 0 Å². The molecule has 0 heterocycles. The zero-order valence-electron chi connectivity index (χ0n) is 12.2. The molecule has 0 saturated heterocycles. The van der Waals surface area contributed by atoms with Crippen LogP contribution in [0.1, 0.15) is 18.4 Å². The molecule has 2 aromatic rings. The van der Waals surface area contributed by atoms with Gasteiger partial charge in [-0.1, -0.05) is 24.3 Å². The molecule has 0 fully saturated rings. The van der Waals surface area contributed by atoms with Crippen LogP contribution >= 0.6 is 0 Å². The second-order valence-corrected chi connectivity index (χ2v) is 4.71. The number of benzene rings is 2. The second kappa shape index (κ2) is 6.39. The molecule has 0 aliphatic rings. The molecule has 4 heteroatoms. The second-order valence-electron chi connectivity index (χ2n) is 4.71. The average molecular weight is 288 g/mol. The molecule has 0 aliphatic carbocycles. The molecule has 3 nitrogen and oxygen atoms in total. The van der Waals surface area contributed by atoms with Crippen LogP contribution in [0, 0.1) is 5.82 Å². The summed E-state index contributed by atoms with van der Waals surface area (Å²) in [4.78, 5) is 11.5. The van der Waals surface area contributed by atoms with E-state index in [0.717, 1.165) is 11.3 Å². The molecule has 0 bridgehead atoms. The first kappa shape index (κ1) is 15.0. The van der Waals surface area contributed by atoms with Crippen molar-refractivity contribution in [3.05, 3.63) is 53.8 Å². The highest BCUT2D eigenvalue weighted by Crippen LogP contribution is 2.28. The largest absolute Gasteiger partial charge is 0.497 e. The van der Waals surface area contributed by atoms with Crippen molar-refractivity contribution in [2.75, 3.05) is 14.2 Å². The minimum atomic E-state index is -0.491.